The van der Waals surface area contributed by atoms with Crippen LogP contribution >= 0.6 is 11.3 Å². The van der Waals surface area contributed by atoms with Gasteiger partial charge in [0, 0.05) is 10.4 Å². The van der Waals surface area contributed by atoms with Gasteiger partial charge in [0.1, 0.15) is 16.8 Å². The van der Waals surface area contributed by atoms with E-state index in [1.54, 1.807) is 24.3 Å². The Morgan fingerprint density at radius 1 is 1.40 bits per heavy atom. The van der Waals surface area contributed by atoms with Crippen molar-refractivity contribution in [2.45, 2.75) is 25.2 Å². The van der Waals surface area contributed by atoms with Gasteiger partial charge in [-0.25, -0.2) is 0 Å². The van der Waals surface area contributed by atoms with Gasteiger partial charge in [0.2, 0.25) is 0 Å². The summed E-state index contributed by atoms with van der Waals surface area (Å²) in [7, 11) is 1.48. The summed E-state index contributed by atoms with van der Waals surface area (Å²) in [5, 5.41) is 22.1. The molecular formula is C18H16N2O4S. The summed E-state index contributed by atoms with van der Waals surface area (Å²) in [6, 6.07) is 8.87. The molecule has 2 N–H and O–H groups in total. The number of carboxylic acid groups (broad SMARTS) is 1. The number of hydrogen-bond acceptors (Lipinski definition) is 5. The summed E-state index contributed by atoms with van der Waals surface area (Å²) in [5.74, 6) is -1.58. The Labute approximate surface area is 148 Å². The molecule has 1 heterocycles. The van der Waals surface area contributed by atoms with Gasteiger partial charge in [0.25, 0.3) is 5.91 Å². The van der Waals surface area contributed by atoms with Crippen LogP contribution in [-0.2, 0) is 11.2 Å². The van der Waals surface area contributed by atoms with Crippen molar-refractivity contribution >= 4 is 28.2 Å². The second kappa shape index (κ2) is 6.95. The number of amides is 1. The van der Waals surface area contributed by atoms with Crippen molar-refractivity contribution in [3.05, 3.63) is 45.8 Å². The number of nitriles is 1. The minimum absolute atomic E-state index is 0.260. The Hall–Kier alpha value is -2.85. The molecule has 128 valence electrons. The van der Waals surface area contributed by atoms with Gasteiger partial charge in [0.05, 0.1) is 24.2 Å². The van der Waals surface area contributed by atoms with Crippen molar-refractivity contribution in [1.29, 1.82) is 5.26 Å². The Morgan fingerprint density at radius 3 is 2.84 bits per heavy atom. The highest BCUT2D eigenvalue weighted by molar-refractivity contribution is 7.16. The first-order chi connectivity index (χ1) is 12.1. The van der Waals surface area contributed by atoms with Crippen LogP contribution in [0.1, 0.15) is 45.1 Å². The number of hydrogen-bond donors (Lipinski definition) is 2. The third-order valence-electron chi connectivity index (χ3n) is 4.26. The highest BCUT2D eigenvalue weighted by atomic mass is 32.1. The first-order valence-corrected chi connectivity index (χ1v) is 8.61. The molecule has 0 bridgehead atoms. The van der Waals surface area contributed by atoms with E-state index in [-0.39, 0.29) is 11.5 Å². The summed E-state index contributed by atoms with van der Waals surface area (Å²) in [4.78, 5) is 25.0. The van der Waals surface area contributed by atoms with Gasteiger partial charge in [-0.15, -0.1) is 11.3 Å². The highest BCUT2D eigenvalue weighted by Crippen LogP contribution is 2.43. The number of nitrogens with zero attached hydrogens (tertiary/aromatic N) is 1. The van der Waals surface area contributed by atoms with Gasteiger partial charge in [-0.1, -0.05) is 12.1 Å². The minimum atomic E-state index is -0.933. The number of para-hydroxylation sites is 1. The van der Waals surface area contributed by atoms with E-state index in [0.717, 1.165) is 17.7 Å². The van der Waals surface area contributed by atoms with Gasteiger partial charge in [-0.05, 0) is 31.4 Å². The van der Waals surface area contributed by atoms with Crippen LogP contribution in [0, 0.1) is 11.3 Å². The predicted molar refractivity (Wildman–Crippen MR) is 93.3 cm³/mol. The molecule has 7 heteroatoms. The third-order valence-corrected chi connectivity index (χ3v) is 5.44. The maximum atomic E-state index is 12.6. The number of rotatable bonds is 4. The fourth-order valence-corrected chi connectivity index (χ4v) is 4.35. The number of fused-ring (bicyclic) bond motifs is 1. The molecule has 3 rings (SSSR count). The largest absolute Gasteiger partial charge is 0.496 e. The second-order valence-corrected chi connectivity index (χ2v) is 6.80. The lowest BCUT2D eigenvalue weighted by molar-refractivity contribution is -0.139. The molecule has 0 fully saturated rings. The fraction of sp³-hybridized carbons (Fsp3) is 0.278. The summed E-state index contributed by atoms with van der Waals surface area (Å²) in [6.07, 6.45) is 1.99. The quantitative estimate of drug-likeness (QED) is 0.875. The standard InChI is InChI=1S/C18H16N2O4S/c1-24-13-7-3-2-5-10(13)16(21)20-17-12(9-19)15-11(18(22)23)6-4-8-14(15)25-17/h2-3,5,7,11H,4,6,8H2,1H3,(H,20,21)(H,22,23). The molecule has 0 aliphatic heterocycles. The molecule has 1 unspecified atom stereocenters. The average Bonchev–Trinajstić information content (AvgIpc) is 2.98. The van der Waals surface area contributed by atoms with Gasteiger partial charge in [0.15, 0.2) is 0 Å². The lowest BCUT2D eigenvalue weighted by atomic mass is 9.85. The maximum Gasteiger partial charge on any atom is 0.311 e. The number of ether oxygens (including phenoxy) is 1. The van der Waals surface area contributed by atoms with Gasteiger partial charge in [-0.3, -0.25) is 9.59 Å². The number of aryl methyl sites for hydroxylation is 1. The zero-order valence-electron chi connectivity index (χ0n) is 13.5. The molecule has 1 aliphatic rings. The van der Waals surface area contributed by atoms with E-state index in [2.05, 4.69) is 11.4 Å². The number of aliphatic carboxylic acids is 1. The lowest BCUT2D eigenvalue weighted by Gasteiger charge is -2.18. The van der Waals surface area contributed by atoms with Crippen LogP contribution in [-0.4, -0.2) is 24.1 Å². The number of thiophene rings is 1. The molecule has 25 heavy (non-hydrogen) atoms. The minimum Gasteiger partial charge on any atom is -0.496 e. The van der Waals surface area contributed by atoms with Crippen molar-refractivity contribution in [3.8, 4) is 11.8 Å². The molecule has 0 spiro atoms. The molecule has 2 aromatic rings. The second-order valence-electron chi connectivity index (χ2n) is 5.69. The summed E-state index contributed by atoms with van der Waals surface area (Å²) >= 11 is 1.29. The van der Waals surface area contributed by atoms with Crippen LogP contribution in [0.5, 0.6) is 5.75 Å². The Kier molecular flexibility index (Phi) is 4.72. The van der Waals surface area contributed by atoms with Crippen LogP contribution in [0.4, 0.5) is 5.00 Å². The molecule has 1 aromatic carbocycles. The Bertz CT molecular complexity index is 882. The zero-order chi connectivity index (χ0) is 18.0. The first kappa shape index (κ1) is 17.0. The Balaban J connectivity index is 1.98. The van der Waals surface area contributed by atoms with E-state index in [1.165, 1.54) is 18.4 Å². The van der Waals surface area contributed by atoms with Crippen molar-refractivity contribution in [2.24, 2.45) is 0 Å². The van der Waals surface area contributed by atoms with E-state index in [0.29, 0.717) is 28.3 Å². The van der Waals surface area contributed by atoms with Crippen LogP contribution in [0.15, 0.2) is 24.3 Å². The third kappa shape index (κ3) is 3.08. The van der Waals surface area contributed by atoms with E-state index in [1.807, 2.05) is 0 Å². The monoisotopic (exact) mass is 356 g/mol. The zero-order valence-corrected chi connectivity index (χ0v) is 14.4. The molecule has 6 nitrogen and oxygen atoms in total. The molecule has 1 atom stereocenters. The van der Waals surface area contributed by atoms with Crippen LogP contribution in [0.3, 0.4) is 0 Å². The first-order valence-electron chi connectivity index (χ1n) is 7.79. The SMILES string of the molecule is COc1ccccc1C(=O)Nc1sc2c(c1C#N)C(C(=O)O)CCC2. The van der Waals surface area contributed by atoms with Crippen LogP contribution in [0.2, 0.25) is 0 Å². The van der Waals surface area contributed by atoms with Crippen molar-refractivity contribution in [1.82, 2.24) is 0 Å². The van der Waals surface area contributed by atoms with Crippen LogP contribution < -0.4 is 10.1 Å². The van der Waals surface area contributed by atoms with Gasteiger partial charge < -0.3 is 15.2 Å². The molecule has 1 aliphatic carbocycles. The summed E-state index contributed by atoms with van der Waals surface area (Å²) in [6.45, 7) is 0. The predicted octanol–water partition coefficient (Wildman–Crippen LogP) is 3.39. The summed E-state index contributed by atoms with van der Waals surface area (Å²) in [5.41, 5.74) is 1.17. The van der Waals surface area contributed by atoms with Crippen molar-refractivity contribution < 1.29 is 19.4 Å². The number of nitrogens with one attached hydrogen (secondary N) is 1. The van der Waals surface area contributed by atoms with Crippen molar-refractivity contribution in [3.63, 3.8) is 0 Å². The number of anilines is 1. The number of benzene rings is 1. The number of methoxy groups -OCH3 is 1. The summed E-state index contributed by atoms with van der Waals surface area (Å²) < 4.78 is 5.19. The molecule has 1 amide bonds. The van der Waals surface area contributed by atoms with E-state index in [4.69, 9.17) is 4.74 Å². The van der Waals surface area contributed by atoms with Gasteiger partial charge in [-0.2, -0.15) is 5.26 Å². The normalized spacial score (nSPS) is 15.8. The molecular weight excluding hydrogens is 340 g/mol. The molecule has 0 saturated heterocycles. The smallest absolute Gasteiger partial charge is 0.311 e. The maximum absolute atomic E-state index is 12.6. The van der Waals surface area contributed by atoms with Gasteiger partial charge >= 0.3 is 5.97 Å². The van der Waals surface area contributed by atoms with E-state index < -0.39 is 11.9 Å². The van der Waals surface area contributed by atoms with E-state index in [9.17, 15) is 20.0 Å². The highest BCUT2D eigenvalue weighted by Gasteiger charge is 2.33. The topological polar surface area (TPSA) is 99.4 Å². The average molecular weight is 356 g/mol. The van der Waals surface area contributed by atoms with E-state index >= 15 is 0 Å². The fourth-order valence-electron chi connectivity index (χ4n) is 3.10. The number of carboxylic acids is 1. The molecule has 0 radical (unpaired) electrons. The van der Waals surface area contributed by atoms with Crippen molar-refractivity contribution in [2.75, 3.05) is 12.4 Å². The number of carbonyl (C=O) groups is 2. The lowest BCUT2D eigenvalue weighted by Crippen LogP contribution is -2.18. The van der Waals surface area contributed by atoms with Crippen LogP contribution in [0.25, 0.3) is 0 Å². The molecule has 1 aromatic heterocycles. The Morgan fingerprint density at radius 2 is 2.16 bits per heavy atom. The number of carbonyl (C=O) groups excluding carboxylic acids is 1. The molecule has 0 saturated carbocycles.